The Kier molecular flexibility index (Phi) is 8.51. The Morgan fingerprint density at radius 2 is 1.74 bits per heavy atom. The molecule has 0 aromatic heterocycles. The Labute approximate surface area is 283 Å². The molecule has 6 rings (SSSR count). The number of aliphatic hydroxyl groups is 2. The van der Waals surface area contributed by atoms with Crippen molar-refractivity contribution in [2.24, 2.45) is 4.99 Å². The third-order valence-corrected chi connectivity index (χ3v) is 8.86. The zero-order chi connectivity index (χ0) is 33.7. The van der Waals surface area contributed by atoms with Gasteiger partial charge in [-0.05, 0) is 23.3 Å². The van der Waals surface area contributed by atoms with Gasteiger partial charge >= 0.3 is 6.09 Å². The summed E-state index contributed by atoms with van der Waals surface area (Å²) in [6, 6.07) is 12.8. The van der Waals surface area contributed by atoms with E-state index in [1.165, 1.54) is 4.90 Å². The number of aliphatic imine (C=N–C) groups is 1. The Morgan fingerprint density at radius 3 is 2.43 bits per heavy atom. The van der Waals surface area contributed by atoms with E-state index in [-0.39, 0.29) is 43.3 Å². The van der Waals surface area contributed by atoms with Crippen molar-refractivity contribution in [2.75, 3.05) is 19.7 Å². The monoisotopic (exact) mass is 705 g/mol. The summed E-state index contributed by atoms with van der Waals surface area (Å²) in [4.78, 5) is 58.5. The minimum atomic E-state index is -2.77. The average Bonchev–Trinajstić information content (AvgIpc) is 3.63. The van der Waals surface area contributed by atoms with Gasteiger partial charge in [-0.25, -0.2) is 9.79 Å². The van der Waals surface area contributed by atoms with Crippen LogP contribution in [-0.2, 0) is 14.3 Å². The summed E-state index contributed by atoms with van der Waals surface area (Å²) in [7, 11) is 0. The lowest BCUT2D eigenvalue weighted by Crippen LogP contribution is -2.78. The molecule has 2 aromatic rings. The van der Waals surface area contributed by atoms with Crippen LogP contribution in [0.25, 0.3) is 11.1 Å². The molecule has 3 fully saturated rings. The van der Waals surface area contributed by atoms with E-state index in [0.717, 1.165) is 16.0 Å². The van der Waals surface area contributed by atoms with Gasteiger partial charge < -0.3 is 35.8 Å². The molecule has 4 atom stereocenters. The lowest BCUT2D eigenvalue weighted by Gasteiger charge is -2.49. The molecule has 1 spiro atoms. The van der Waals surface area contributed by atoms with E-state index in [4.69, 9.17) is 39.5 Å². The van der Waals surface area contributed by atoms with Crippen LogP contribution in [0.4, 0.5) is 4.79 Å². The number of nitrogens with one attached hydrogen (secondary N) is 4. The van der Waals surface area contributed by atoms with Crippen LogP contribution in [0, 0.1) is 0 Å². The number of alkyl halides is 3. The van der Waals surface area contributed by atoms with Gasteiger partial charge in [-0.1, -0.05) is 83.8 Å². The highest BCUT2D eigenvalue weighted by Crippen LogP contribution is 2.45. The molecular weight excluding hydrogens is 677 g/mol. The number of nitrogens with zero attached hydrogens (tertiary/aromatic N) is 3. The summed E-state index contributed by atoms with van der Waals surface area (Å²) >= 11 is 17.2. The van der Waals surface area contributed by atoms with Gasteiger partial charge in [0.05, 0.1) is 24.4 Å². The average molecular weight is 707 g/mol. The highest BCUT2D eigenvalue weighted by molar-refractivity contribution is 6.67. The molecule has 0 unspecified atom stereocenters. The minimum Gasteiger partial charge on any atom is -0.445 e. The van der Waals surface area contributed by atoms with E-state index in [2.05, 4.69) is 32.8 Å². The molecule has 4 aliphatic heterocycles. The van der Waals surface area contributed by atoms with Crippen molar-refractivity contribution in [3.8, 4) is 11.1 Å². The van der Waals surface area contributed by atoms with Crippen molar-refractivity contribution in [3.05, 3.63) is 72.6 Å². The summed E-state index contributed by atoms with van der Waals surface area (Å²) in [6.07, 6.45) is -1.05. The van der Waals surface area contributed by atoms with Gasteiger partial charge in [0.2, 0.25) is 27.4 Å². The molecular formula is C30H30Cl3N7O7. The van der Waals surface area contributed by atoms with Crippen LogP contribution in [0.2, 0.25) is 0 Å². The number of likely N-dealkylation sites (tertiary alicyclic amines) is 1. The van der Waals surface area contributed by atoms with Gasteiger partial charge in [0.25, 0.3) is 5.91 Å². The fourth-order valence-electron chi connectivity index (χ4n) is 6.43. The molecule has 248 valence electrons. The van der Waals surface area contributed by atoms with Crippen molar-refractivity contribution in [3.63, 3.8) is 0 Å². The molecule has 0 aliphatic carbocycles. The summed E-state index contributed by atoms with van der Waals surface area (Å²) in [5, 5.41) is 35.1. The van der Waals surface area contributed by atoms with E-state index < -0.39 is 63.8 Å². The number of ether oxygens (including phenoxy) is 1. The van der Waals surface area contributed by atoms with E-state index in [0.29, 0.717) is 0 Å². The number of imide groups is 1. The van der Waals surface area contributed by atoms with Crippen LogP contribution < -0.4 is 21.3 Å². The maximum atomic E-state index is 13.6. The number of halogens is 3. The number of amides is 4. The van der Waals surface area contributed by atoms with Crippen molar-refractivity contribution < 1.29 is 34.1 Å². The van der Waals surface area contributed by atoms with Crippen molar-refractivity contribution in [1.29, 1.82) is 0 Å². The van der Waals surface area contributed by atoms with E-state index >= 15 is 0 Å². The number of rotatable bonds is 6. The molecule has 0 bridgehead atoms. The first-order chi connectivity index (χ1) is 22.2. The van der Waals surface area contributed by atoms with Gasteiger partial charge in [-0.3, -0.25) is 24.6 Å². The van der Waals surface area contributed by atoms with Crippen molar-refractivity contribution in [1.82, 2.24) is 31.1 Å². The van der Waals surface area contributed by atoms with Gasteiger partial charge in [0.1, 0.15) is 12.6 Å². The van der Waals surface area contributed by atoms with Gasteiger partial charge in [0.15, 0.2) is 5.66 Å². The topological polar surface area (TPSA) is 185 Å². The third-order valence-electron chi connectivity index (χ3n) is 8.53. The quantitative estimate of drug-likeness (QED) is 0.145. The van der Waals surface area contributed by atoms with Crippen LogP contribution >= 0.6 is 34.8 Å². The first-order valence-corrected chi connectivity index (χ1v) is 15.7. The Bertz CT molecular complexity index is 1650. The highest BCUT2D eigenvalue weighted by atomic mass is 35.6. The minimum absolute atomic E-state index is 0.0214. The number of alkyl carbamates (subject to hydrolysis) is 1. The smallest absolute Gasteiger partial charge is 0.414 e. The first-order valence-electron chi connectivity index (χ1n) is 14.5. The zero-order valence-corrected chi connectivity index (χ0v) is 26.8. The fourth-order valence-corrected chi connectivity index (χ4v) is 6.60. The Morgan fingerprint density at radius 1 is 1.06 bits per heavy atom. The molecule has 6 N–H and O–H groups in total. The number of hydrogen-bond donors (Lipinski definition) is 6. The normalized spacial score (nSPS) is 26.2. The number of carbonyl (C=O) groups is 4. The van der Waals surface area contributed by atoms with Crippen molar-refractivity contribution in [2.45, 2.75) is 46.2 Å². The van der Waals surface area contributed by atoms with E-state index in [1.54, 1.807) is 18.2 Å². The SMILES string of the molecule is C=C1N[C@H]2[C@H](CN3C(=O)CCC3=O)N=C(NC(=O)OCC(Cl)(Cl)Cl)N3C[C@H](NC(=O)c4cccc(-c5ccccc5)c4)C(O)(O)[C@]23N1. The number of carbonyl (C=O) groups excluding carboxylic acids is 4. The standard InChI is InChI=1S/C30H30Cl3N7O7/c1-16-34-24-20(13-39-22(41)10-11-23(39)42)35-26(37-27(44)47-15-28(31,32)33)40-14-21(30(45,46)29(24,40)38-16)36-25(43)19-9-5-8-18(12-19)17-6-3-2-4-7-17/h2-9,12,20-21,24,34,38,45-46H,1,10-11,13-15H2,(H,36,43)(H,35,37,44)/t20-,21-,24-,29-/m0/s1. The predicted octanol–water partition coefficient (Wildman–Crippen LogP) is 1.16. The third kappa shape index (κ3) is 6.07. The number of hydrogen-bond acceptors (Lipinski definition) is 11. The highest BCUT2D eigenvalue weighted by Gasteiger charge is 2.74. The van der Waals surface area contributed by atoms with Gasteiger partial charge in [-0.15, -0.1) is 0 Å². The lowest BCUT2D eigenvalue weighted by molar-refractivity contribution is -0.231. The fraction of sp³-hybridized carbons (Fsp3) is 0.367. The van der Waals surface area contributed by atoms with Crippen LogP contribution in [0.15, 0.2) is 72.0 Å². The largest absolute Gasteiger partial charge is 0.445 e. The lowest BCUT2D eigenvalue weighted by atomic mass is 9.85. The van der Waals surface area contributed by atoms with E-state index in [9.17, 15) is 29.4 Å². The summed E-state index contributed by atoms with van der Waals surface area (Å²) in [6.45, 7) is 2.74. The van der Waals surface area contributed by atoms with Crippen LogP contribution in [0.1, 0.15) is 23.2 Å². The van der Waals surface area contributed by atoms with Gasteiger partial charge in [0, 0.05) is 24.9 Å². The molecule has 0 radical (unpaired) electrons. The second-order valence-corrected chi connectivity index (χ2v) is 14.1. The Hall–Kier alpha value is -4.08. The molecule has 17 heteroatoms. The van der Waals surface area contributed by atoms with E-state index in [1.807, 2.05) is 36.4 Å². The predicted molar refractivity (Wildman–Crippen MR) is 171 cm³/mol. The molecule has 4 aliphatic rings. The number of guanidine groups is 1. The summed E-state index contributed by atoms with van der Waals surface area (Å²) < 4.78 is 3.10. The molecule has 4 heterocycles. The summed E-state index contributed by atoms with van der Waals surface area (Å²) in [5.41, 5.74) is -0.00728. The second kappa shape index (κ2) is 12.2. The molecule has 47 heavy (non-hydrogen) atoms. The zero-order valence-electron chi connectivity index (χ0n) is 24.6. The first kappa shape index (κ1) is 32.8. The molecule has 0 saturated carbocycles. The molecule has 14 nitrogen and oxygen atoms in total. The number of benzene rings is 2. The van der Waals surface area contributed by atoms with Crippen molar-refractivity contribution >= 4 is 64.6 Å². The van der Waals surface area contributed by atoms with Gasteiger partial charge in [-0.2, -0.15) is 0 Å². The molecule has 4 amide bonds. The van der Waals surface area contributed by atoms with Crippen LogP contribution in [-0.4, -0.2) is 103 Å². The molecule has 2 aromatic carbocycles. The molecule has 3 saturated heterocycles. The summed E-state index contributed by atoms with van der Waals surface area (Å²) in [5.74, 6) is -4.27. The van der Waals surface area contributed by atoms with Crippen LogP contribution in [0.3, 0.4) is 0 Å². The Balaban J connectivity index is 1.33. The van der Waals surface area contributed by atoms with Crippen LogP contribution in [0.5, 0.6) is 0 Å². The maximum absolute atomic E-state index is 13.6. The maximum Gasteiger partial charge on any atom is 0.414 e. The second-order valence-electron chi connectivity index (χ2n) is 11.5.